The van der Waals surface area contributed by atoms with Crippen molar-refractivity contribution in [3.05, 3.63) is 64.4 Å². The van der Waals surface area contributed by atoms with Gasteiger partial charge in [-0.05, 0) is 43.0 Å². The highest BCUT2D eigenvalue weighted by molar-refractivity contribution is 7.98. The smallest absolute Gasteiger partial charge is 0.397 e. The van der Waals surface area contributed by atoms with Gasteiger partial charge in [0.25, 0.3) is 0 Å². The molecule has 3 unspecified atom stereocenters. The fourth-order valence-electron chi connectivity index (χ4n) is 3.96. The lowest BCUT2D eigenvalue weighted by atomic mass is 9.78. The first-order valence-corrected chi connectivity index (χ1v) is 11.6. The van der Waals surface area contributed by atoms with Gasteiger partial charge < -0.3 is 15.4 Å². The quantitative estimate of drug-likeness (QED) is 0.479. The van der Waals surface area contributed by atoms with Gasteiger partial charge in [0, 0.05) is 17.4 Å². The molecule has 1 amide bonds. The summed E-state index contributed by atoms with van der Waals surface area (Å²) < 4.78 is 77.2. The molecule has 2 N–H and O–H groups in total. The second-order valence-electron chi connectivity index (χ2n) is 7.98. The number of thioether (sulfide) groups is 1. The third-order valence-corrected chi connectivity index (χ3v) is 7.06. The van der Waals surface area contributed by atoms with Gasteiger partial charge in [0.05, 0.1) is 29.6 Å². The number of ether oxygens (including phenoxy) is 1. The van der Waals surface area contributed by atoms with E-state index in [-0.39, 0.29) is 22.8 Å². The molecule has 4 atom stereocenters. The summed E-state index contributed by atoms with van der Waals surface area (Å²) in [5, 5.41) is 4.85. The largest absolute Gasteiger partial charge is 0.494 e. The van der Waals surface area contributed by atoms with Crippen molar-refractivity contribution in [1.82, 2.24) is 10.6 Å². The zero-order chi connectivity index (χ0) is 24.6. The molecule has 33 heavy (non-hydrogen) atoms. The number of benzene rings is 1. The number of rotatable bonds is 7. The van der Waals surface area contributed by atoms with Crippen LogP contribution in [-0.4, -0.2) is 37.2 Å². The van der Waals surface area contributed by atoms with Gasteiger partial charge in [-0.1, -0.05) is 23.7 Å². The first kappa shape index (κ1) is 25.4. The highest BCUT2D eigenvalue weighted by Gasteiger charge is 2.57. The zero-order valence-electron chi connectivity index (χ0n) is 17.9. The fraction of sp³-hybridized carbons (Fsp3) is 0.409. The number of carbonyl (C=O) groups is 1. The summed E-state index contributed by atoms with van der Waals surface area (Å²) >= 11 is 7.15. The van der Waals surface area contributed by atoms with Gasteiger partial charge in [-0.3, -0.25) is 4.79 Å². The Balaban J connectivity index is 2.16. The maximum absolute atomic E-state index is 14.7. The molecule has 11 heteroatoms. The lowest BCUT2D eigenvalue weighted by molar-refractivity contribution is -0.219. The summed E-state index contributed by atoms with van der Waals surface area (Å²) in [4.78, 5) is 11.7. The maximum Gasteiger partial charge on any atom is 0.397 e. The second-order valence-corrected chi connectivity index (χ2v) is 9.23. The summed E-state index contributed by atoms with van der Waals surface area (Å²) in [6.07, 6.45) is 1.75. The molecule has 0 bridgehead atoms. The number of carbonyl (C=O) groups excluding carboxylic acids is 1. The number of methoxy groups -OCH3 is 1. The molecule has 0 saturated heterocycles. The van der Waals surface area contributed by atoms with Crippen LogP contribution in [-0.2, 0) is 4.79 Å². The second kappa shape index (κ2) is 9.58. The van der Waals surface area contributed by atoms with Gasteiger partial charge in [-0.2, -0.15) is 24.9 Å². The zero-order valence-corrected chi connectivity index (χ0v) is 19.5. The highest BCUT2D eigenvalue weighted by Crippen LogP contribution is 2.51. The summed E-state index contributed by atoms with van der Waals surface area (Å²) in [5.41, 5.74) is -2.47. The molecular formula is C22H22ClF5N2O2S. The molecule has 0 spiro atoms. The number of alkyl halides is 3. The van der Waals surface area contributed by atoms with Crippen molar-refractivity contribution in [3.63, 3.8) is 0 Å². The minimum Gasteiger partial charge on any atom is -0.494 e. The Hall–Kier alpha value is -2.20. The van der Waals surface area contributed by atoms with Gasteiger partial charge in [0.15, 0.2) is 11.6 Å². The van der Waals surface area contributed by atoms with Crippen molar-refractivity contribution < 1.29 is 31.5 Å². The van der Waals surface area contributed by atoms with E-state index in [1.54, 1.807) is 0 Å². The number of hydrogen-bond donors (Lipinski definition) is 2. The number of amides is 1. The molecule has 0 radical (unpaired) electrons. The third-order valence-electron chi connectivity index (χ3n) is 5.79. The van der Waals surface area contributed by atoms with Crippen molar-refractivity contribution in [2.24, 2.45) is 11.3 Å². The summed E-state index contributed by atoms with van der Waals surface area (Å²) in [7, 11) is 1.21. The standard InChI is InChI=1S/C22H22ClF5N2O2S/c1-21(10-33-3,22(26,27)28)20(13-4-6-16(32-2)19(25)18(13)23)30-15-9-11(24)8-14-12(15)5-7-17(31)29-14/h4-9,12,14,20,30H,10H2,1-3H3,(H,29,31)/t12?,14?,20-,21?/m0/s1. The van der Waals surface area contributed by atoms with Gasteiger partial charge in [0.1, 0.15) is 5.83 Å². The topological polar surface area (TPSA) is 50.4 Å². The first-order chi connectivity index (χ1) is 15.4. The van der Waals surface area contributed by atoms with Gasteiger partial charge >= 0.3 is 6.18 Å². The molecule has 2 aliphatic rings. The number of halogens is 6. The molecule has 0 fully saturated rings. The van der Waals surface area contributed by atoms with Crippen LogP contribution in [0.4, 0.5) is 22.0 Å². The minimum atomic E-state index is -4.73. The number of hydrogen-bond acceptors (Lipinski definition) is 4. The molecule has 3 rings (SSSR count). The number of fused-ring (bicyclic) bond motifs is 1. The molecule has 1 aromatic rings. The maximum atomic E-state index is 14.7. The van der Waals surface area contributed by atoms with Crippen LogP contribution >= 0.6 is 23.4 Å². The fourth-order valence-corrected chi connectivity index (χ4v) is 5.16. The van der Waals surface area contributed by atoms with Gasteiger partial charge in [-0.15, -0.1) is 0 Å². The van der Waals surface area contributed by atoms with E-state index in [2.05, 4.69) is 10.6 Å². The van der Waals surface area contributed by atoms with E-state index in [0.29, 0.717) is 0 Å². The van der Waals surface area contributed by atoms with E-state index < -0.39 is 52.2 Å². The van der Waals surface area contributed by atoms with E-state index in [1.807, 2.05) is 0 Å². The van der Waals surface area contributed by atoms with Crippen molar-refractivity contribution in [2.75, 3.05) is 19.1 Å². The van der Waals surface area contributed by atoms with Crippen LogP contribution in [0.3, 0.4) is 0 Å². The van der Waals surface area contributed by atoms with Crippen LogP contribution in [0.15, 0.2) is 48.0 Å². The van der Waals surface area contributed by atoms with E-state index in [0.717, 1.165) is 24.8 Å². The van der Waals surface area contributed by atoms with Crippen LogP contribution in [0.1, 0.15) is 18.5 Å². The Morgan fingerprint density at radius 1 is 1.30 bits per heavy atom. The molecule has 0 aromatic heterocycles. The average Bonchev–Trinajstić information content (AvgIpc) is 2.73. The Kier molecular flexibility index (Phi) is 7.38. The predicted octanol–water partition coefficient (Wildman–Crippen LogP) is 5.47. The first-order valence-electron chi connectivity index (χ1n) is 9.84. The van der Waals surface area contributed by atoms with Crippen LogP contribution in [0.2, 0.25) is 5.02 Å². The monoisotopic (exact) mass is 508 g/mol. The van der Waals surface area contributed by atoms with Crippen LogP contribution < -0.4 is 15.4 Å². The van der Waals surface area contributed by atoms with Crippen molar-refractivity contribution in [2.45, 2.75) is 25.2 Å². The Labute approximate surface area is 197 Å². The lowest BCUT2D eigenvalue weighted by Gasteiger charge is -2.42. The van der Waals surface area contributed by atoms with Crippen molar-refractivity contribution in [1.29, 1.82) is 0 Å². The van der Waals surface area contributed by atoms with Gasteiger partial charge in [-0.25, -0.2) is 8.78 Å². The van der Waals surface area contributed by atoms with Crippen LogP contribution in [0, 0.1) is 17.2 Å². The molecule has 4 nitrogen and oxygen atoms in total. The molecule has 1 aliphatic heterocycles. The highest BCUT2D eigenvalue weighted by atomic mass is 35.5. The molecule has 1 heterocycles. The van der Waals surface area contributed by atoms with E-state index in [9.17, 15) is 26.7 Å². The lowest BCUT2D eigenvalue weighted by Crippen LogP contribution is -2.51. The Morgan fingerprint density at radius 2 is 2.00 bits per heavy atom. The normalized spacial score (nSPS) is 23.0. The number of nitrogens with one attached hydrogen (secondary N) is 2. The average molecular weight is 509 g/mol. The molecule has 180 valence electrons. The summed E-state index contributed by atoms with van der Waals surface area (Å²) in [6.45, 7) is 1.01. The van der Waals surface area contributed by atoms with Crippen LogP contribution in [0.5, 0.6) is 5.75 Å². The Morgan fingerprint density at radius 3 is 2.61 bits per heavy atom. The summed E-state index contributed by atoms with van der Waals surface area (Å²) in [6, 6.07) is 0.0936. The molecule has 1 aliphatic carbocycles. The minimum absolute atomic E-state index is 0.102. The van der Waals surface area contributed by atoms with Crippen molar-refractivity contribution in [3.8, 4) is 5.75 Å². The van der Waals surface area contributed by atoms with E-state index in [1.165, 1.54) is 43.7 Å². The summed E-state index contributed by atoms with van der Waals surface area (Å²) in [5.74, 6) is -3.41. The molecule has 1 aromatic carbocycles. The molecular weight excluding hydrogens is 487 g/mol. The van der Waals surface area contributed by atoms with Crippen molar-refractivity contribution >= 4 is 29.3 Å². The van der Waals surface area contributed by atoms with E-state index in [4.69, 9.17) is 16.3 Å². The third kappa shape index (κ3) is 4.87. The predicted molar refractivity (Wildman–Crippen MR) is 118 cm³/mol. The molecule has 0 saturated carbocycles. The van der Waals surface area contributed by atoms with Gasteiger partial charge in [0.2, 0.25) is 5.91 Å². The van der Waals surface area contributed by atoms with Crippen LogP contribution in [0.25, 0.3) is 0 Å². The van der Waals surface area contributed by atoms with E-state index >= 15 is 0 Å². The Bertz CT molecular complexity index is 1030. The number of allylic oxidation sites excluding steroid dienone is 2. The SMILES string of the molecule is COc1ccc([C@H](NC2=CC(F)=CC3NC(=O)C=CC23)C(C)(CSC)C(F)(F)F)c(Cl)c1F.